The standard InChI is InChI=1S/C45H47FN6O9/c1-8-10-35(25-11-13-26(14-12-25)49-40(54)23(6)47-41(55)38(21(3)4)48-24(7)53)61-44(58)51-32-16-15-27-22(5)31(46)18-33-36(27)37(32)28-19-52-34(39(28)50-33)17-30-29(42(52)56)20-60-43(57)45(30,59)9-2/h1,11-14,17-18,21,23,32,35,38,59H,9-10,15-16,19-20H2,2-7H3,(H,47,55)(H,48,53)(H,49,54)(H,51,58)/t23?,32-,35?,38-,45-/m0/s1. The number of ether oxygens (including phenoxy) is 2. The van der Waals surface area contributed by atoms with Crippen molar-refractivity contribution in [1.29, 1.82) is 0 Å². The molecule has 15 nitrogen and oxygen atoms in total. The summed E-state index contributed by atoms with van der Waals surface area (Å²) < 4.78 is 28.0. The van der Waals surface area contributed by atoms with Crippen LogP contribution in [0.5, 0.6) is 0 Å². The average Bonchev–Trinajstić information content (AvgIpc) is 3.59. The number of anilines is 1. The summed E-state index contributed by atoms with van der Waals surface area (Å²) in [5, 5.41) is 23.0. The minimum absolute atomic E-state index is 0.0214. The number of aliphatic hydroxyl groups is 1. The van der Waals surface area contributed by atoms with Crippen molar-refractivity contribution >= 4 is 46.4 Å². The third kappa shape index (κ3) is 7.70. The van der Waals surface area contributed by atoms with Crippen LogP contribution in [-0.2, 0) is 53.8 Å². The summed E-state index contributed by atoms with van der Waals surface area (Å²) in [4.78, 5) is 82.7. The van der Waals surface area contributed by atoms with Crippen LogP contribution in [0.1, 0.15) is 105 Å². The van der Waals surface area contributed by atoms with Crippen LogP contribution in [0.15, 0.2) is 41.2 Å². The molecule has 0 bridgehead atoms. The van der Waals surface area contributed by atoms with Crippen molar-refractivity contribution in [2.75, 3.05) is 5.32 Å². The lowest BCUT2D eigenvalue weighted by molar-refractivity contribution is -0.172. The van der Waals surface area contributed by atoms with Crippen molar-refractivity contribution in [1.82, 2.24) is 25.5 Å². The molecule has 318 valence electrons. The van der Waals surface area contributed by atoms with E-state index < -0.39 is 65.1 Å². The Balaban J connectivity index is 1.12. The Morgan fingerprint density at radius 2 is 1.80 bits per heavy atom. The van der Waals surface area contributed by atoms with Gasteiger partial charge in [0.15, 0.2) is 5.60 Å². The monoisotopic (exact) mass is 834 g/mol. The van der Waals surface area contributed by atoms with Gasteiger partial charge in [-0.1, -0.05) is 32.9 Å². The number of nitrogens with zero attached hydrogens (tertiary/aromatic N) is 2. The van der Waals surface area contributed by atoms with Crippen LogP contribution >= 0.6 is 0 Å². The largest absolute Gasteiger partial charge is 0.458 e. The van der Waals surface area contributed by atoms with Gasteiger partial charge in [-0.2, -0.15) is 0 Å². The maximum atomic E-state index is 15.4. The highest BCUT2D eigenvalue weighted by Crippen LogP contribution is 2.46. The van der Waals surface area contributed by atoms with Gasteiger partial charge in [0.05, 0.1) is 41.5 Å². The van der Waals surface area contributed by atoms with E-state index in [9.17, 15) is 33.9 Å². The highest BCUT2D eigenvalue weighted by molar-refractivity contribution is 5.98. The van der Waals surface area contributed by atoms with Gasteiger partial charge in [0.2, 0.25) is 17.7 Å². The van der Waals surface area contributed by atoms with E-state index in [1.54, 1.807) is 58.0 Å². The molecule has 1 aliphatic carbocycles. The molecule has 0 radical (unpaired) electrons. The fraction of sp³-hybridized carbons (Fsp3) is 0.400. The highest BCUT2D eigenvalue weighted by Gasteiger charge is 2.46. The number of aryl methyl sites for hydroxylation is 1. The average molecular weight is 835 g/mol. The highest BCUT2D eigenvalue weighted by atomic mass is 19.1. The lowest BCUT2D eigenvalue weighted by Crippen LogP contribution is -2.53. The van der Waals surface area contributed by atoms with Crippen molar-refractivity contribution in [3.05, 3.63) is 91.5 Å². The molecule has 4 heterocycles. The second-order valence-electron chi connectivity index (χ2n) is 16.1. The molecule has 3 aliphatic rings. The van der Waals surface area contributed by atoms with Crippen LogP contribution in [0.3, 0.4) is 0 Å². The number of cyclic esters (lactones) is 1. The van der Waals surface area contributed by atoms with Gasteiger partial charge >= 0.3 is 12.1 Å². The van der Waals surface area contributed by atoms with E-state index in [0.717, 1.165) is 5.56 Å². The Kier molecular flexibility index (Phi) is 11.5. The molecule has 4 amide bonds. The van der Waals surface area contributed by atoms with E-state index in [2.05, 4.69) is 27.2 Å². The number of alkyl carbamates (subject to hydrolysis) is 1. The number of esters is 1. The van der Waals surface area contributed by atoms with Gasteiger partial charge in [-0.05, 0) is 79.5 Å². The SMILES string of the molecule is C#CCC(OC(=O)N[C@H]1CCc2c(C)c(F)cc3nc4c(c1c23)Cn1c-4cc2c(c1=O)COC(=O)[C@]2(O)CC)c1ccc(NC(=O)C(C)NC(=O)[C@@H](NC(C)=O)C(C)C)cc1. The maximum absolute atomic E-state index is 15.4. The topological polar surface area (TPSA) is 207 Å². The maximum Gasteiger partial charge on any atom is 0.408 e. The molecular weight excluding hydrogens is 788 g/mol. The Hall–Kier alpha value is -6.60. The zero-order valence-electron chi connectivity index (χ0n) is 34.7. The fourth-order valence-corrected chi connectivity index (χ4v) is 8.49. The Bertz CT molecular complexity index is 2620. The smallest absolute Gasteiger partial charge is 0.408 e. The van der Waals surface area contributed by atoms with Crippen LogP contribution in [0, 0.1) is 31.0 Å². The second-order valence-corrected chi connectivity index (χ2v) is 16.1. The molecule has 2 unspecified atom stereocenters. The van der Waals surface area contributed by atoms with Crippen LogP contribution < -0.4 is 26.8 Å². The van der Waals surface area contributed by atoms with E-state index >= 15 is 4.39 Å². The van der Waals surface area contributed by atoms with Gasteiger partial charge in [0.1, 0.15) is 30.6 Å². The minimum atomic E-state index is -2.03. The molecule has 5 atom stereocenters. The zero-order chi connectivity index (χ0) is 44.1. The number of fused-ring (bicyclic) bond motifs is 5. The molecule has 0 saturated carbocycles. The summed E-state index contributed by atoms with van der Waals surface area (Å²) in [5.74, 6) is -0.313. The van der Waals surface area contributed by atoms with Gasteiger partial charge in [-0.15, -0.1) is 12.3 Å². The van der Waals surface area contributed by atoms with Gasteiger partial charge in [0, 0.05) is 35.2 Å². The number of rotatable bonds is 11. The lowest BCUT2D eigenvalue weighted by Gasteiger charge is -2.31. The van der Waals surface area contributed by atoms with E-state index in [4.69, 9.17) is 20.9 Å². The summed E-state index contributed by atoms with van der Waals surface area (Å²) in [6, 6.07) is 7.05. The number of hydrogen-bond acceptors (Lipinski definition) is 10. The van der Waals surface area contributed by atoms with E-state index in [1.165, 1.54) is 24.5 Å². The second kappa shape index (κ2) is 16.5. The van der Waals surface area contributed by atoms with Crippen LogP contribution in [0.2, 0.25) is 0 Å². The number of aromatic nitrogens is 2. The van der Waals surface area contributed by atoms with Crippen molar-refractivity contribution in [3.8, 4) is 23.7 Å². The summed E-state index contributed by atoms with van der Waals surface area (Å²) in [6.45, 7) is 9.47. The van der Waals surface area contributed by atoms with Gasteiger partial charge < -0.3 is 40.4 Å². The molecule has 0 fully saturated rings. The number of pyridine rings is 2. The van der Waals surface area contributed by atoms with Gasteiger partial charge in [-0.25, -0.2) is 19.0 Å². The first-order valence-corrected chi connectivity index (χ1v) is 20.2. The van der Waals surface area contributed by atoms with E-state index in [0.29, 0.717) is 63.1 Å². The Labute approximate surface area is 350 Å². The molecule has 0 saturated heterocycles. The molecule has 2 aliphatic heterocycles. The predicted molar refractivity (Wildman–Crippen MR) is 221 cm³/mol. The molecule has 2 aromatic heterocycles. The number of carbonyl (C=O) groups excluding carboxylic acids is 5. The number of carbonyl (C=O) groups is 5. The van der Waals surface area contributed by atoms with Crippen molar-refractivity contribution in [2.45, 2.75) is 110 Å². The fourth-order valence-electron chi connectivity index (χ4n) is 8.49. The van der Waals surface area contributed by atoms with Gasteiger partial charge in [-0.3, -0.25) is 19.2 Å². The van der Waals surface area contributed by atoms with Crippen LogP contribution in [-0.4, -0.2) is 56.5 Å². The zero-order valence-corrected chi connectivity index (χ0v) is 34.7. The number of halogens is 1. The van der Waals surface area contributed by atoms with Crippen molar-refractivity contribution < 1.29 is 42.9 Å². The number of benzene rings is 2. The number of nitrogens with one attached hydrogen (secondary N) is 4. The summed E-state index contributed by atoms with van der Waals surface area (Å²) in [6.07, 6.45) is 4.81. The first kappa shape index (κ1) is 42.5. The number of hydrogen-bond donors (Lipinski definition) is 5. The predicted octanol–water partition coefficient (Wildman–Crippen LogP) is 4.61. The third-order valence-electron chi connectivity index (χ3n) is 11.8. The van der Waals surface area contributed by atoms with Crippen LogP contribution in [0.4, 0.5) is 14.9 Å². The summed E-state index contributed by atoms with van der Waals surface area (Å²) in [5.41, 5.74) is 2.32. The molecule has 0 spiro atoms. The molecule has 16 heteroatoms. The van der Waals surface area contributed by atoms with Crippen molar-refractivity contribution in [2.24, 2.45) is 5.92 Å². The molecule has 2 aromatic carbocycles. The normalized spacial score (nSPS) is 18.7. The van der Waals surface area contributed by atoms with E-state index in [-0.39, 0.29) is 48.9 Å². The lowest BCUT2D eigenvalue weighted by atomic mass is 9.81. The molecular formula is C45H47FN6O9. The van der Waals surface area contributed by atoms with Gasteiger partial charge in [0.25, 0.3) is 5.56 Å². The first-order valence-electron chi connectivity index (χ1n) is 20.2. The quantitative estimate of drug-likeness (QED) is 0.0923. The molecule has 4 aromatic rings. The summed E-state index contributed by atoms with van der Waals surface area (Å²) in [7, 11) is 0. The minimum Gasteiger partial charge on any atom is -0.458 e. The van der Waals surface area contributed by atoms with Crippen molar-refractivity contribution in [3.63, 3.8) is 0 Å². The molecule has 7 rings (SSSR count). The molecule has 61 heavy (non-hydrogen) atoms. The summed E-state index contributed by atoms with van der Waals surface area (Å²) >= 11 is 0. The number of terminal acetylenes is 1. The van der Waals surface area contributed by atoms with Crippen LogP contribution in [0.25, 0.3) is 22.3 Å². The van der Waals surface area contributed by atoms with E-state index in [1.807, 2.05) is 0 Å². The number of amides is 4. The first-order chi connectivity index (χ1) is 29.0. The third-order valence-corrected chi connectivity index (χ3v) is 11.8. The molecule has 5 N–H and O–H groups in total. The Morgan fingerprint density at radius 1 is 1.08 bits per heavy atom. The Morgan fingerprint density at radius 3 is 2.46 bits per heavy atom.